The first-order valence-corrected chi connectivity index (χ1v) is 7.88. The molecule has 0 saturated heterocycles. The lowest BCUT2D eigenvalue weighted by Gasteiger charge is -2.10. The SMILES string of the molecule is CCSCCC(O)CNCc1c[nH]c2c(=O)[nH]cnc12. The van der Waals surface area contributed by atoms with Crippen molar-refractivity contribution >= 4 is 22.8 Å². The van der Waals surface area contributed by atoms with Crippen LogP contribution in [0.4, 0.5) is 0 Å². The lowest BCUT2D eigenvalue weighted by Crippen LogP contribution is -2.26. The standard InChI is InChI=1S/C13H20N4O2S/c1-2-20-4-3-10(18)7-14-5-9-6-15-12-11(9)16-8-17-13(12)19/h6,8,10,14-15,18H,2-5,7H2,1H3,(H,16,17,19). The number of fused-ring (bicyclic) bond motifs is 1. The molecule has 4 N–H and O–H groups in total. The minimum absolute atomic E-state index is 0.169. The zero-order chi connectivity index (χ0) is 14.4. The number of aliphatic hydroxyl groups excluding tert-OH is 1. The Bertz CT molecular complexity index is 595. The van der Waals surface area contributed by atoms with Crippen molar-refractivity contribution in [3.05, 3.63) is 28.4 Å². The third-order valence-electron chi connectivity index (χ3n) is 3.04. The molecule has 0 spiro atoms. The van der Waals surface area contributed by atoms with Crippen LogP contribution in [0.3, 0.4) is 0 Å². The Kier molecular flexibility index (Phi) is 5.63. The van der Waals surface area contributed by atoms with Crippen LogP contribution in [0.25, 0.3) is 11.0 Å². The molecule has 20 heavy (non-hydrogen) atoms. The molecule has 2 aromatic rings. The number of nitrogens with one attached hydrogen (secondary N) is 3. The number of aliphatic hydroxyl groups is 1. The minimum Gasteiger partial charge on any atom is -0.392 e. The number of nitrogens with zero attached hydrogens (tertiary/aromatic N) is 1. The molecule has 2 rings (SSSR count). The van der Waals surface area contributed by atoms with Gasteiger partial charge in [-0.2, -0.15) is 11.8 Å². The van der Waals surface area contributed by atoms with Crippen LogP contribution in [0.2, 0.25) is 0 Å². The molecule has 0 aliphatic carbocycles. The first-order chi connectivity index (χ1) is 9.72. The van der Waals surface area contributed by atoms with E-state index in [1.54, 1.807) is 6.20 Å². The Hall–Kier alpha value is -1.31. The maximum absolute atomic E-state index is 11.5. The summed E-state index contributed by atoms with van der Waals surface area (Å²) in [4.78, 5) is 21.2. The molecule has 1 unspecified atom stereocenters. The first kappa shape index (κ1) is 15.1. The van der Waals surface area contributed by atoms with Crippen LogP contribution in [0.5, 0.6) is 0 Å². The second kappa shape index (κ2) is 7.47. The third kappa shape index (κ3) is 3.84. The highest BCUT2D eigenvalue weighted by Gasteiger charge is 2.08. The van der Waals surface area contributed by atoms with Crippen molar-refractivity contribution in [3.63, 3.8) is 0 Å². The second-order valence-corrected chi connectivity index (χ2v) is 5.93. The molecule has 0 radical (unpaired) electrons. The van der Waals surface area contributed by atoms with E-state index in [4.69, 9.17) is 0 Å². The van der Waals surface area contributed by atoms with Crippen molar-refractivity contribution < 1.29 is 5.11 Å². The summed E-state index contributed by atoms with van der Waals surface area (Å²) in [5.41, 5.74) is 1.93. The van der Waals surface area contributed by atoms with Crippen LogP contribution in [0, 0.1) is 0 Å². The predicted molar refractivity (Wildman–Crippen MR) is 82.0 cm³/mol. The maximum atomic E-state index is 11.5. The number of thioether (sulfide) groups is 1. The summed E-state index contributed by atoms with van der Waals surface area (Å²) in [5.74, 6) is 2.05. The molecule has 2 aromatic heterocycles. The van der Waals surface area contributed by atoms with E-state index in [0.717, 1.165) is 23.5 Å². The van der Waals surface area contributed by atoms with Gasteiger partial charge in [-0.3, -0.25) is 4.79 Å². The molecular weight excluding hydrogens is 276 g/mol. The first-order valence-electron chi connectivity index (χ1n) is 6.72. The topological polar surface area (TPSA) is 93.8 Å². The second-order valence-electron chi connectivity index (χ2n) is 4.54. The molecule has 7 heteroatoms. The van der Waals surface area contributed by atoms with Gasteiger partial charge in [0.1, 0.15) is 5.52 Å². The van der Waals surface area contributed by atoms with Gasteiger partial charge in [0.25, 0.3) is 5.56 Å². The maximum Gasteiger partial charge on any atom is 0.275 e. The van der Waals surface area contributed by atoms with E-state index >= 15 is 0 Å². The summed E-state index contributed by atoms with van der Waals surface area (Å²) in [5, 5.41) is 13.0. The van der Waals surface area contributed by atoms with Crippen molar-refractivity contribution in [2.24, 2.45) is 0 Å². The number of hydrogen-bond acceptors (Lipinski definition) is 5. The highest BCUT2D eigenvalue weighted by molar-refractivity contribution is 7.99. The Morgan fingerprint density at radius 3 is 3.15 bits per heavy atom. The summed E-state index contributed by atoms with van der Waals surface area (Å²) >= 11 is 1.83. The largest absolute Gasteiger partial charge is 0.392 e. The van der Waals surface area contributed by atoms with E-state index in [9.17, 15) is 9.90 Å². The van der Waals surface area contributed by atoms with Crippen molar-refractivity contribution in [1.82, 2.24) is 20.3 Å². The van der Waals surface area contributed by atoms with Gasteiger partial charge < -0.3 is 20.4 Å². The monoisotopic (exact) mass is 296 g/mol. The van der Waals surface area contributed by atoms with E-state index in [0.29, 0.717) is 24.1 Å². The molecular formula is C13H20N4O2S. The fraction of sp³-hybridized carbons (Fsp3) is 0.538. The summed E-state index contributed by atoms with van der Waals surface area (Å²) in [7, 11) is 0. The fourth-order valence-electron chi connectivity index (χ4n) is 1.98. The Morgan fingerprint density at radius 2 is 2.35 bits per heavy atom. The van der Waals surface area contributed by atoms with Crippen molar-refractivity contribution in [1.29, 1.82) is 0 Å². The van der Waals surface area contributed by atoms with Gasteiger partial charge in [0.05, 0.1) is 17.9 Å². The predicted octanol–water partition coefficient (Wildman–Crippen LogP) is 0.845. The number of hydrogen-bond donors (Lipinski definition) is 4. The molecule has 0 fully saturated rings. The summed E-state index contributed by atoms with van der Waals surface area (Å²) in [6.07, 6.45) is 3.63. The summed E-state index contributed by atoms with van der Waals surface area (Å²) in [6.45, 7) is 3.23. The zero-order valence-corrected chi connectivity index (χ0v) is 12.3. The van der Waals surface area contributed by atoms with Crippen LogP contribution in [-0.4, -0.2) is 44.2 Å². The lowest BCUT2D eigenvalue weighted by atomic mass is 10.2. The molecule has 1 atom stereocenters. The Labute approximate surface area is 121 Å². The van der Waals surface area contributed by atoms with Gasteiger partial charge in [-0.15, -0.1) is 0 Å². The van der Waals surface area contributed by atoms with E-state index in [1.165, 1.54) is 6.33 Å². The summed E-state index contributed by atoms with van der Waals surface area (Å²) < 4.78 is 0. The van der Waals surface area contributed by atoms with Gasteiger partial charge >= 0.3 is 0 Å². The zero-order valence-electron chi connectivity index (χ0n) is 11.5. The quantitative estimate of drug-likeness (QED) is 0.542. The van der Waals surface area contributed by atoms with E-state index in [2.05, 4.69) is 27.2 Å². The highest BCUT2D eigenvalue weighted by Crippen LogP contribution is 2.11. The van der Waals surface area contributed by atoms with E-state index in [-0.39, 0.29) is 11.7 Å². The van der Waals surface area contributed by atoms with E-state index < -0.39 is 0 Å². The highest BCUT2D eigenvalue weighted by atomic mass is 32.2. The molecule has 6 nitrogen and oxygen atoms in total. The average Bonchev–Trinajstić information content (AvgIpc) is 2.84. The fourth-order valence-corrected chi connectivity index (χ4v) is 2.71. The van der Waals surface area contributed by atoms with Crippen molar-refractivity contribution in [2.45, 2.75) is 26.0 Å². The van der Waals surface area contributed by atoms with Crippen LogP contribution < -0.4 is 10.9 Å². The minimum atomic E-state index is -0.337. The van der Waals surface area contributed by atoms with Gasteiger partial charge in [-0.05, 0) is 17.9 Å². The van der Waals surface area contributed by atoms with Gasteiger partial charge in [0, 0.05) is 24.8 Å². The molecule has 0 aliphatic rings. The average molecular weight is 296 g/mol. The van der Waals surface area contributed by atoms with Crippen LogP contribution in [0.1, 0.15) is 18.9 Å². The Morgan fingerprint density at radius 1 is 1.50 bits per heavy atom. The van der Waals surface area contributed by atoms with Crippen molar-refractivity contribution in [3.8, 4) is 0 Å². The van der Waals surface area contributed by atoms with Gasteiger partial charge in [-0.25, -0.2) is 4.98 Å². The number of aromatic nitrogens is 3. The molecule has 0 amide bonds. The van der Waals surface area contributed by atoms with Gasteiger partial charge in [0.2, 0.25) is 0 Å². The Balaban J connectivity index is 1.84. The number of rotatable bonds is 8. The molecule has 2 heterocycles. The normalized spacial score (nSPS) is 12.9. The number of H-pyrrole nitrogens is 2. The molecule has 0 aliphatic heterocycles. The smallest absolute Gasteiger partial charge is 0.275 e. The van der Waals surface area contributed by atoms with Crippen molar-refractivity contribution in [2.75, 3.05) is 18.1 Å². The molecule has 0 saturated carbocycles. The van der Waals surface area contributed by atoms with E-state index in [1.807, 2.05) is 11.8 Å². The lowest BCUT2D eigenvalue weighted by molar-refractivity contribution is 0.168. The number of aromatic amines is 2. The molecule has 0 aromatic carbocycles. The summed E-state index contributed by atoms with van der Waals surface area (Å²) in [6, 6.07) is 0. The van der Waals surface area contributed by atoms with Crippen LogP contribution in [0.15, 0.2) is 17.3 Å². The van der Waals surface area contributed by atoms with Crippen LogP contribution >= 0.6 is 11.8 Å². The molecule has 0 bridgehead atoms. The van der Waals surface area contributed by atoms with Gasteiger partial charge in [0.15, 0.2) is 0 Å². The van der Waals surface area contributed by atoms with Gasteiger partial charge in [-0.1, -0.05) is 6.92 Å². The third-order valence-corrected chi connectivity index (χ3v) is 3.98. The van der Waals surface area contributed by atoms with Crippen LogP contribution in [-0.2, 0) is 6.54 Å². The molecule has 110 valence electrons.